The molecule has 8 heteroatoms. The number of amides is 1. The first-order chi connectivity index (χ1) is 12.7. The van der Waals surface area contributed by atoms with Crippen molar-refractivity contribution in [3.63, 3.8) is 0 Å². The van der Waals surface area contributed by atoms with E-state index in [0.717, 1.165) is 5.69 Å². The smallest absolute Gasteiger partial charge is 0.255 e. The van der Waals surface area contributed by atoms with Gasteiger partial charge in [-0.25, -0.2) is 19.6 Å². The summed E-state index contributed by atoms with van der Waals surface area (Å²) in [4.78, 5) is 27.4. The van der Waals surface area contributed by atoms with Crippen molar-refractivity contribution in [2.24, 2.45) is 0 Å². The van der Waals surface area contributed by atoms with E-state index in [1.54, 1.807) is 46.5 Å². The van der Waals surface area contributed by atoms with Crippen molar-refractivity contribution in [1.82, 2.24) is 29.6 Å². The van der Waals surface area contributed by atoms with Crippen molar-refractivity contribution in [1.29, 1.82) is 0 Å². The highest BCUT2D eigenvalue weighted by molar-refractivity contribution is 5.94. The van der Waals surface area contributed by atoms with Gasteiger partial charge in [0, 0.05) is 31.3 Å². The molecule has 0 N–H and O–H groups in total. The van der Waals surface area contributed by atoms with Crippen LogP contribution >= 0.6 is 0 Å². The quantitative estimate of drug-likeness (QED) is 0.713. The molecular weight excluding hydrogens is 332 g/mol. The van der Waals surface area contributed by atoms with Crippen LogP contribution in [0.3, 0.4) is 0 Å². The van der Waals surface area contributed by atoms with Gasteiger partial charge in [0.1, 0.15) is 11.9 Å². The number of hydrogen-bond acceptors (Lipinski definition) is 6. The molecule has 4 rings (SSSR count). The molecular formula is C18H18N6O2. The van der Waals surface area contributed by atoms with E-state index < -0.39 is 0 Å². The van der Waals surface area contributed by atoms with Crippen LogP contribution in [-0.2, 0) is 4.74 Å². The molecule has 26 heavy (non-hydrogen) atoms. The summed E-state index contributed by atoms with van der Waals surface area (Å²) in [6.45, 7) is 3.30. The third kappa shape index (κ3) is 3.31. The minimum absolute atomic E-state index is 0.0661. The van der Waals surface area contributed by atoms with Gasteiger partial charge >= 0.3 is 0 Å². The molecule has 4 heterocycles. The summed E-state index contributed by atoms with van der Waals surface area (Å²) in [7, 11) is 0. The number of aryl methyl sites for hydroxylation is 1. The van der Waals surface area contributed by atoms with E-state index >= 15 is 0 Å². The largest absolute Gasteiger partial charge is 0.368 e. The van der Waals surface area contributed by atoms with Crippen LogP contribution in [-0.4, -0.2) is 55.2 Å². The maximum Gasteiger partial charge on any atom is 0.255 e. The second kappa shape index (κ2) is 7.01. The first-order valence-corrected chi connectivity index (χ1v) is 8.37. The average molecular weight is 350 g/mol. The summed E-state index contributed by atoms with van der Waals surface area (Å²) >= 11 is 0. The molecule has 1 amide bonds. The van der Waals surface area contributed by atoms with Gasteiger partial charge in [-0.15, -0.1) is 0 Å². The number of ether oxygens (including phenoxy) is 1. The minimum atomic E-state index is -0.245. The lowest BCUT2D eigenvalue weighted by Gasteiger charge is -2.32. The number of nitrogens with zero attached hydrogens (tertiary/aromatic N) is 6. The van der Waals surface area contributed by atoms with Crippen LogP contribution in [0, 0.1) is 6.92 Å². The normalized spacial score (nSPS) is 17.3. The minimum Gasteiger partial charge on any atom is -0.368 e. The fraction of sp³-hybridized carbons (Fsp3) is 0.278. The Bertz CT molecular complexity index is 894. The van der Waals surface area contributed by atoms with Gasteiger partial charge in [-0.05, 0) is 31.2 Å². The Kier molecular flexibility index (Phi) is 4.40. The van der Waals surface area contributed by atoms with E-state index in [4.69, 9.17) is 4.74 Å². The highest BCUT2D eigenvalue weighted by Gasteiger charge is 2.27. The number of morpholine rings is 1. The average Bonchev–Trinajstić information content (AvgIpc) is 3.22. The van der Waals surface area contributed by atoms with Gasteiger partial charge in [-0.3, -0.25) is 4.79 Å². The fourth-order valence-corrected chi connectivity index (χ4v) is 2.90. The van der Waals surface area contributed by atoms with Crippen molar-refractivity contribution in [3.05, 3.63) is 66.1 Å². The lowest BCUT2D eigenvalue weighted by Crippen LogP contribution is -2.42. The Balaban J connectivity index is 1.49. The van der Waals surface area contributed by atoms with Crippen LogP contribution in [0.25, 0.3) is 5.82 Å². The molecule has 1 atom stereocenters. The topological polar surface area (TPSA) is 86.0 Å². The maximum atomic E-state index is 12.8. The predicted molar refractivity (Wildman–Crippen MR) is 92.7 cm³/mol. The molecule has 0 saturated carbocycles. The van der Waals surface area contributed by atoms with Gasteiger partial charge in [0.05, 0.1) is 24.4 Å². The summed E-state index contributed by atoms with van der Waals surface area (Å²) < 4.78 is 7.44. The van der Waals surface area contributed by atoms with Gasteiger partial charge in [-0.2, -0.15) is 5.10 Å². The molecule has 8 nitrogen and oxygen atoms in total. The highest BCUT2D eigenvalue weighted by Crippen LogP contribution is 2.21. The highest BCUT2D eigenvalue weighted by atomic mass is 16.5. The fourth-order valence-electron chi connectivity index (χ4n) is 2.90. The zero-order valence-corrected chi connectivity index (χ0v) is 14.3. The Morgan fingerprint density at radius 2 is 2.15 bits per heavy atom. The van der Waals surface area contributed by atoms with E-state index in [9.17, 15) is 4.79 Å². The Morgan fingerprint density at radius 3 is 2.88 bits per heavy atom. The summed E-state index contributed by atoms with van der Waals surface area (Å²) in [5.74, 6) is 1.29. The third-order valence-corrected chi connectivity index (χ3v) is 4.22. The van der Waals surface area contributed by atoms with Crippen LogP contribution < -0.4 is 0 Å². The molecule has 132 valence electrons. The van der Waals surface area contributed by atoms with E-state index in [1.165, 1.54) is 0 Å². The molecule has 0 aromatic carbocycles. The molecule has 1 unspecified atom stereocenters. The molecule has 3 aromatic heterocycles. The number of rotatable bonds is 3. The number of pyridine rings is 1. The van der Waals surface area contributed by atoms with Crippen LogP contribution in [0.1, 0.15) is 28.0 Å². The lowest BCUT2D eigenvalue weighted by atomic mass is 10.1. The molecule has 1 saturated heterocycles. The van der Waals surface area contributed by atoms with Crippen LogP contribution in [0.4, 0.5) is 0 Å². The zero-order chi connectivity index (χ0) is 17.9. The second-order valence-electron chi connectivity index (χ2n) is 6.00. The number of carbonyl (C=O) groups excluding carboxylic acids is 1. The van der Waals surface area contributed by atoms with E-state index in [0.29, 0.717) is 36.9 Å². The summed E-state index contributed by atoms with van der Waals surface area (Å²) in [5.41, 5.74) is 1.34. The first kappa shape index (κ1) is 16.3. The van der Waals surface area contributed by atoms with E-state index in [2.05, 4.69) is 20.1 Å². The van der Waals surface area contributed by atoms with Gasteiger partial charge in [-0.1, -0.05) is 0 Å². The van der Waals surface area contributed by atoms with Gasteiger partial charge in [0.15, 0.2) is 5.82 Å². The van der Waals surface area contributed by atoms with Crippen molar-refractivity contribution in [2.75, 3.05) is 19.7 Å². The SMILES string of the molecule is Cc1nccc(C2CN(C(=O)c3ccc(-n4cccn4)nc3)CCO2)n1. The summed E-state index contributed by atoms with van der Waals surface area (Å²) in [6.07, 6.45) is 6.53. The lowest BCUT2D eigenvalue weighted by molar-refractivity contribution is -0.0248. The Labute approximate surface area is 150 Å². The van der Waals surface area contributed by atoms with Crippen molar-refractivity contribution in [2.45, 2.75) is 13.0 Å². The van der Waals surface area contributed by atoms with Gasteiger partial charge in [0.2, 0.25) is 0 Å². The molecule has 1 aliphatic heterocycles. The molecule has 0 bridgehead atoms. The van der Waals surface area contributed by atoms with Crippen LogP contribution in [0.15, 0.2) is 49.1 Å². The molecule has 1 aliphatic rings. The molecule has 3 aromatic rings. The first-order valence-electron chi connectivity index (χ1n) is 8.37. The van der Waals surface area contributed by atoms with E-state index in [-0.39, 0.29) is 12.0 Å². The zero-order valence-electron chi connectivity index (χ0n) is 14.3. The molecule has 1 fully saturated rings. The summed E-state index contributed by atoms with van der Waals surface area (Å²) in [5, 5.41) is 4.13. The maximum absolute atomic E-state index is 12.8. The third-order valence-electron chi connectivity index (χ3n) is 4.22. The van der Waals surface area contributed by atoms with Crippen LogP contribution in [0.5, 0.6) is 0 Å². The number of aromatic nitrogens is 5. The number of hydrogen-bond donors (Lipinski definition) is 0. The monoisotopic (exact) mass is 350 g/mol. The Morgan fingerprint density at radius 1 is 1.23 bits per heavy atom. The van der Waals surface area contributed by atoms with E-state index in [1.807, 2.05) is 19.1 Å². The number of carbonyl (C=O) groups is 1. The summed E-state index contributed by atoms with van der Waals surface area (Å²) in [6, 6.07) is 7.20. The van der Waals surface area contributed by atoms with Crippen molar-refractivity contribution < 1.29 is 9.53 Å². The predicted octanol–water partition coefficient (Wildman–Crippen LogP) is 1.58. The molecule has 0 spiro atoms. The van der Waals surface area contributed by atoms with Gasteiger partial charge < -0.3 is 9.64 Å². The van der Waals surface area contributed by atoms with Crippen molar-refractivity contribution >= 4 is 5.91 Å². The molecule has 0 aliphatic carbocycles. The Hall–Kier alpha value is -3.13. The van der Waals surface area contributed by atoms with Gasteiger partial charge in [0.25, 0.3) is 5.91 Å². The van der Waals surface area contributed by atoms with Crippen molar-refractivity contribution in [3.8, 4) is 5.82 Å². The molecule has 0 radical (unpaired) electrons. The standard InChI is InChI=1S/C18H18N6O2/c1-13-19-7-5-15(22-13)16-12-23(9-10-26-16)18(25)14-3-4-17(20-11-14)24-8-2-6-21-24/h2-8,11,16H,9-10,12H2,1H3. The van der Waals surface area contributed by atoms with Crippen LogP contribution in [0.2, 0.25) is 0 Å². The second-order valence-corrected chi connectivity index (χ2v) is 6.00.